The van der Waals surface area contributed by atoms with Crippen molar-refractivity contribution in [2.24, 2.45) is 0 Å². The van der Waals surface area contributed by atoms with Crippen LogP contribution in [0.25, 0.3) is 21.9 Å². The van der Waals surface area contributed by atoms with Gasteiger partial charge in [-0.3, -0.25) is 4.79 Å². The van der Waals surface area contributed by atoms with Gasteiger partial charge in [0.25, 0.3) is 0 Å². The summed E-state index contributed by atoms with van der Waals surface area (Å²) in [6, 6.07) is 10.3. The number of fused-ring (bicyclic) bond motifs is 2. The molecule has 0 spiro atoms. The molecule has 4 rings (SSSR count). The van der Waals surface area contributed by atoms with Gasteiger partial charge in [-0.25, -0.2) is 0 Å². The maximum Gasteiger partial charge on any atom is 0.232 e. The van der Waals surface area contributed by atoms with Crippen LogP contribution in [0.4, 0.5) is 0 Å². The van der Waals surface area contributed by atoms with Crippen molar-refractivity contribution < 1.29 is 23.5 Å². The fourth-order valence-electron chi connectivity index (χ4n) is 3.23. The summed E-state index contributed by atoms with van der Waals surface area (Å²) < 4.78 is 16.5. The number of aromatic hydroxyl groups is 1. The third kappa shape index (κ3) is 2.94. The maximum absolute atomic E-state index is 13.1. The number of ether oxygens (including phenoxy) is 1. The van der Waals surface area contributed by atoms with Crippen LogP contribution in [0, 0.1) is 0 Å². The lowest BCUT2D eigenvalue weighted by atomic mass is 10.0. The smallest absolute Gasteiger partial charge is 0.232 e. The van der Waals surface area contributed by atoms with Gasteiger partial charge in [0.2, 0.25) is 5.78 Å². The highest BCUT2D eigenvalue weighted by molar-refractivity contribution is 6.16. The quantitative estimate of drug-likeness (QED) is 0.535. The molecular weight excluding hydrogens is 346 g/mol. The Bertz CT molecular complexity index is 1150. The number of phenols is 1. The van der Waals surface area contributed by atoms with Crippen molar-refractivity contribution in [3.63, 3.8) is 0 Å². The second-order valence-corrected chi connectivity index (χ2v) is 6.67. The van der Waals surface area contributed by atoms with Gasteiger partial charge in [-0.2, -0.15) is 0 Å². The standard InChI is InChI=1S/C21H19NO5/c1-22(2)10-14-16(23)5-7-18-20(14)15(11-26-18)21(24)19-9-12-8-13(25-3)4-6-17(12)27-19/h4-9,11,23H,10H2,1-3H3. The number of benzene rings is 2. The molecule has 0 saturated carbocycles. The van der Waals surface area contributed by atoms with Gasteiger partial charge >= 0.3 is 0 Å². The molecule has 6 nitrogen and oxygen atoms in total. The first-order valence-electron chi connectivity index (χ1n) is 8.47. The van der Waals surface area contributed by atoms with Gasteiger partial charge in [-0.05, 0) is 50.5 Å². The summed E-state index contributed by atoms with van der Waals surface area (Å²) in [5.41, 5.74) is 2.16. The zero-order valence-electron chi connectivity index (χ0n) is 15.3. The van der Waals surface area contributed by atoms with Crippen molar-refractivity contribution in [2.45, 2.75) is 6.54 Å². The summed E-state index contributed by atoms with van der Waals surface area (Å²) in [4.78, 5) is 15.0. The summed E-state index contributed by atoms with van der Waals surface area (Å²) in [5.74, 6) is 0.727. The van der Waals surface area contributed by atoms with Crippen LogP contribution in [0.15, 0.2) is 51.5 Å². The molecule has 0 atom stereocenters. The molecule has 0 aliphatic rings. The second-order valence-electron chi connectivity index (χ2n) is 6.67. The molecule has 2 heterocycles. The summed E-state index contributed by atoms with van der Waals surface area (Å²) in [7, 11) is 5.38. The van der Waals surface area contributed by atoms with Gasteiger partial charge in [0.15, 0.2) is 5.76 Å². The number of ketones is 1. The Morgan fingerprint density at radius 2 is 1.93 bits per heavy atom. The van der Waals surface area contributed by atoms with Gasteiger partial charge in [0.05, 0.1) is 12.7 Å². The van der Waals surface area contributed by atoms with E-state index in [1.165, 1.54) is 6.26 Å². The lowest BCUT2D eigenvalue weighted by molar-refractivity contribution is 0.101. The molecule has 2 aromatic carbocycles. The van der Waals surface area contributed by atoms with Crippen LogP contribution in [0.1, 0.15) is 21.7 Å². The summed E-state index contributed by atoms with van der Waals surface area (Å²) in [6.45, 7) is 0.473. The topological polar surface area (TPSA) is 76.0 Å². The minimum atomic E-state index is -0.297. The molecule has 0 unspecified atom stereocenters. The van der Waals surface area contributed by atoms with Crippen molar-refractivity contribution in [1.82, 2.24) is 4.90 Å². The molecule has 4 aromatic rings. The fourth-order valence-corrected chi connectivity index (χ4v) is 3.23. The van der Waals surface area contributed by atoms with Gasteiger partial charge in [0.1, 0.15) is 28.9 Å². The first kappa shape index (κ1) is 17.2. The van der Waals surface area contributed by atoms with Gasteiger partial charge in [-0.15, -0.1) is 0 Å². The van der Waals surface area contributed by atoms with Crippen LogP contribution in [-0.2, 0) is 6.54 Å². The summed E-state index contributed by atoms with van der Waals surface area (Å²) in [5, 5.41) is 11.7. The highest BCUT2D eigenvalue weighted by Crippen LogP contribution is 2.34. The molecule has 0 radical (unpaired) electrons. The minimum Gasteiger partial charge on any atom is -0.508 e. The van der Waals surface area contributed by atoms with Gasteiger partial charge in [0, 0.05) is 22.9 Å². The number of hydrogen-bond acceptors (Lipinski definition) is 6. The molecule has 1 N–H and O–H groups in total. The van der Waals surface area contributed by atoms with Crippen LogP contribution in [0.2, 0.25) is 0 Å². The zero-order valence-corrected chi connectivity index (χ0v) is 15.3. The molecule has 0 fully saturated rings. The third-order valence-corrected chi connectivity index (χ3v) is 4.49. The van der Waals surface area contributed by atoms with E-state index in [0.717, 1.165) is 5.39 Å². The molecule has 6 heteroatoms. The van der Waals surface area contributed by atoms with E-state index in [1.807, 2.05) is 25.1 Å². The lowest BCUT2D eigenvalue weighted by Crippen LogP contribution is -2.11. The van der Waals surface area contributed by atoms with E-state index in [-0.39, 0.29) is 17.3 Å². The number of rotatable bonds is 5. The minimum absolute atomic E-state index is 0.126. The number of carbonyl (C=O) groups excluding carboxylic acids is 1. The fraction of sp³-hybridized carbons (Fsp3) is 0.190. The van der Waals surface area contributed by atoms with Crippen LogP contribution in [0.3, 0.4) is 0 Å². The number of furan rings is 2. The number of hydrogen-bond donors (Lipinski definition) is 1. The molecule has 138 valence electrons. The van der Waals surface area contributed by atoms with E-state index >= 15 is 0 Å². The zero-order chi connectivity index (χ0) is 19.1. The largest absolute Gasteiger partial charge is 0.508 e. The Morgan fingerprint density at radius 3 is 2.67 bits per heavy atom. The number of phenolic OH excluding ortho intramolecular Hbond substituents is 1. The Hall–Kier alpha value is -3.25. The maximum atomic E-state index is 13.1. The van der Waals surface area contributed by atoms with Crippen LogP contribution >= 0.6 is 0 Å². The number of methoxy groups -OCH3 is 1. The second kappa shape index (κ2) is 6.48. The molecule has 0 saturated heterocycles. The molecular formula is C21H19NO5. The number of carbonyl (C=O) groups is 1. The van der Waals surface area contributed by atoms with Crippen molar-refractivity contribution in [3.8, 4) is 11.5 Å². The molecule has 0 bridgehead atoms. The Balaban J connectivity index is 1.84. The predicted molar refractivity (Wildman–Crippen MR) is 101 cm³/mol. The summed E-state index contributed by atoms with van der Waals surface area (Å²) in [6.07, 6.45) is 1.42. The number of nitrogens with zero attached hydrogens (tertiary/aromatic N) is 1. The molecule has 0 aliphatic carbocycles. The van der Waals surface area contributed by atoms with E-state index in [4.69, 9.17) is 13.6 Å². The first-order valence-corrected chi connectivity index (χ1v) is 8.47. The third-order valence-electron chi connectivity index (χ3n) is 4.49. The van der Waals surface area contributed by atoms with Crippen molar-refractivity contribution >= 4 is 27.7 Å². The van der Waals surface area contributed by atoms with Gasteiger partial charge in [-0.1, -0.05) is 0 Å². The molecule has 27 heavy (non-hydrogen) atoms. The van der Waals surface area contributed by atoms with Crippen molar-refractivity contribution in [3.05, 3.63) is 59.5 Å². The lowest BCUT2D eigenvalue weighted by Gasteiger charge is -2.12. The predicted octanol–water partition coefficient (Wildman–Crippen LogP) is 4.19. The Labute approximate surface area is 155 Å². The first-order chi connectivity index (χ1) is 13.0. The van der Waals surface area contributed by atoms with Crippen molar-refractivity contribution in [1.29, 1.82) is 0 Å². The summed E-state index contributed by atoms with van der Waals surface area (Å²) >= 11 is 0. The Kier molecular flexibility index (Phi) is 4.12. The van der Waals surface area contributed by atoms with E-state index < -0.39 is 0 Å². The van der Waals surface area contributed by atoms with E-state index in [1.54, 1.807) is 37.4 Å². The van der Waals surface area contributed by atoms with Gasteiger partial charge < -0.3 is 23.6 Å². The molecule has 0 aliphatic heterocycles. The molecule has 0 amide bonds. The van der Waals surface area contributed by atoms with Crippen LogP contribution in [-0.4, -0.2) is 37.0 Å². The monoisotopic (exact) mass is 365 g/mol. The Morgan fingerprint density at radius 1 is 1.15 bits per heavy atom. The SMILES string of the molecule is COc1ccc2oc(C(=O)c3coc4ccc(O)c(CN(C)C)c34)cc2c1. The van der Waals surface area contributed by atoms with E-state index in [0.29, 0.717) is 40.0 Å². The van der Waals surface area contributed by atoms with Crippen LogP contribution < -0.4 is 4.74 Å². The van der Waals surface area contributed by atoms with Crippen molar-refractivity contribution in [2.75, 3.05) is 21.2 Å². The highest BCUT2D eigenvalue weighted by atomic mass is 16.5. The highest BCUT2D eigenvalue weighted by Gasteiger charge is 2.23. The van der Waals surface area contributed by atoms with E-state index in [9.17, 15) is 9.90 Å². The average Bonchev–Trinajstić information content (AvgIpc) is 3.26. The van der Waals surface area contributed by atoms with E-state index in [2.05, 4.69) is 0 Å². The van der Waals surface area contributed by atoms with Crippen LogP contribution in [0.5, 0.6) is 11.5 Å². The average molecular weight is 365 g/mol. The molecule has 2 aromatic heterocycles. The normalized spacial score (nSPS) is 11.6.